The number of carbonyl (C=O) groups excluding carboxylic acids is 1. The second-order valence-corrected chi connectivity index (χ2v) is 7.76. The molecule has 31 heavy (non-hydrogen) atoms. The molecule has 0 spiro atoms. The lowest BCUT2D eigenvalue weighted by molar-refractivity contribution is -0.145. The Morgan fingerprint density at radius 3 is 2.94 bits per heavy atom. The summed E-state index contributed by atoms with van der Waals surface area (Å²) in [5.74, 6) is 4.65. The number of fused-ring (bicyclic) bond motifs is 2. The molecule has 6 nitrogen and oxygen atoms in total. The molecule has 0 saturated heterocycles. The highest BCUT2D eigenvalue weighted by atomic mass is 16.7. The number of hydrogen-bond acceptors (Lipinski definition) is 6. The molecule has 170 valence electrons. The summed E-state index contributed by atoms with van der Waals surface area (Å²) in [6.07, 6.45) is 12.2. The molecule has 0 fully saturated rings. The van der Waals surface area contributed by atoms with E-state index in [0.717, 1.165) is 31.3 Å². The largest absolute Gasteiger partial charge is 0.449 e. The maximum Gasteiger partial charge on any atom is 0.384 e. The highest BCUT2D eigenvalue weighted by Crippen LogP contribution is 2.22. The number of hydrogen-bond donors (Lipinski definition) is 1. The fraction of sp³-hybridized carbons (Fsp3) is 0.560. The molecule has 0 aromatic heterocycles. The smallest absolute Gasteiger partial charge is 0.384 e. The highest BCUT2D eigenvalue weighted by Gasteiger charge is 2.21. The molecule has 2 bridgehead atoms. The van der Waals surface area contributed by atoms with Crippen molar-refractivity contribution in [3.63, 3.8) is 0 Å². The second kappa shape index (κ2) is 14.0. The van der Waals surface area contributed by atoms with E-state index in [-0.39, 0.29) is 25.1 Å². The van der Waals surface area contributed by atoms with E-state index in [1.165, 1.54) is 6.08 Å². The van der Waals surface area contributed by atoms with Crippen molar-refractivity contribution < 1.29 is 28.8 Å². The third kappa shape index (κ3) is 9.67. The van der Waals surface area contributed by atoms with Crippen LogP contribution in [0.1, 0.15) is 44.9 Å². The van der Waals surface area contributed by atoms with Crippen LogP contribution in [0.5, 0.6) is 0 Å². The average Bonchev–Trinajstić information content (AvgIpc) is 2.75. The molecule has 0 amide bonds. The third-order valence-electron chi connectivity index (χ3n) is 5.16. The molecule has 0 aliphatic carbocycles. The number of methoxy groups -OCH3 is 1. The zero-order valence-electron chi connectivity index (χ0n) is 18.3. The van der Waals surface area contributed by atoms with Crippen LogP contribution < -0.4 is 0 Å². The number of cyclic esters (lactones) is 1. The van der Waals surface area contributed by atoms with Gasteiger partial charge in [0.15, 0.2) is 0 Å². The van der Waals surface area contributed by atoms with Crippen molar-refractivity contribution in [1.29, 1.82) is 0 Å². The first-order valence-electron chi connectivity index (χ1n) is 10.8. The first-order valence-corrected chi connectivity index (χ1v) is 10.8. The standard InChI is InChI=1S/C25H34O6/c1-4-23(26)24-15-7-14-22(29-18-28-3)17-19(2)9-5-10-20-11-6-12-21(30-20)13-8-16-25(27)31-24/h4,6-7,12,14,20-24,26H,1-2,5,9-11,13,15,17-18H2,3H3/b14-7+/t20-,21+,22-,23+,24+/m1/s1. The van der Waals surface area contributed by atoms with Gasteiger partial charge in [-0.25, -0.2) is 4.79 Å². The van der Waals surface area contributed by atoms with Crippen LogP contribution in [0.3, 0.4) is 0 Å². The van der Waals surface area contributed by atoms with E-state index in [9.17, 15) is 9.90 Å². The molecular formula is C25H34O6. The Morgan fingerprint density at radius 1 is 1.35 bits per heavy atom. The van der Waals surface area contributed by atoms with Gasteiger partial charge < -0.3 is 24.1 Å². The zero-order valence-corrected chi connectivity index (χ0v) is 18.3. The highest BCUT2D eigenvalue weighted by molar-refractivity contribution is 5.88. The van der Waals surface area contributed by atoms with Crippen LogP contribution >= 0.6 is 0 Å². The first-order chi connectivity index (χ1) is 15.0. The van der Waals surface area contributed by atoms with Gasteiger partial charge in [0.1, 0.15) is 19.0 Å². The van der Waals surface area contributed by atoms with Crippen molar-refractivity contribution in [3.8, 4) is 11.8 Å². The van der Waals surface area contributed by atoms with Crippen molar-refractivity contribution in [2.24, 2.45) is 0 Å². The minimum absolute atomic E-state index is 0.134. The fourth-order valence-corrected chi connectivity index (χ4v) is 3.50. The Kier molecular flexibility index (Phi) is 11.3. The Balaban J connectivity index is 2.14. The van der Waals surface area contributed by atoms with E-state index in [1.807, 2.05) is 18.2 Å². The quantitative estimate of drug-likeness (QED) is 0.236. The summed E-state index contributed by atoms with van der Waals surface area (Å²) in [5.41, 5.74) is 1.09. The van der Waals surface area contributed by atoms with E-state index in [4.69, 9.17) is 18.9 Å². The summed E-state index contributed by atoms with van der Waals surface area (Å²) in [6, 6.07) is 0. The van der Waals surface area contributed by atoms with Gasteiger partial charge in [-0.1, -0.05) is 48.5 Å². The molecule has 1 N–H and O–H groups in total. The molecule has 0 aromatic rings. The lowest BCUT2D eigenvalue weighted by Crippen LogP contribution is -2.29. The molecule has 0 aromatic carbocycles. The third-order valence-corrected chi connectivity index (χ3v) is 5.16. The topological polar surface area (TPSA) is 74.2 Å². The molecule has 0 saturated carbocycles. The molecule has 2 aliphatic rings. The molecule has 6 heteroatoms. The van der Waals surface area contributed by atoms with Crippen molar-refractivity contribution in [2.75, 3.05) is 13.9 Å². The number of ether oxygens (including phenoxy) is 4. The van der Waals surface area contributed by atoms with Gasteiger partial charge in [0, 0.05) is 25.9 Å². The van der Waals surface area contributed by atoms with Gasteiger partial charge >= 0.3 is 5.97 Å². The Morgan fingerprint density at radius 2 is 2.16 bits per heavy atom. The van der Waals surface area contributed by atoms with Crippen LogP contribution in [0.15, 0.2) is 49.1 Å². The lowest BCUT2D eigenvalue weighted by atomic mass is 9.99. The minimum atomic E-state index is -1.00. The van der Waals surface area contributed by atoms with Gasteiger partial charge in [0.2, 0.25) is 0 Å². The predicted molar refractivity (Wildman–Crippen MR) is 119 cm³/mol. The summed E-state index contributed by atoms with van der Waals surface area (Å²) in [5, 5.41) is 10.2. The Bertz CT molecular complexity index is 713. The number of aliphatic hydroxyl groups is 1. The molecule has 0 radical (unpaired) electrons. The SMILES string of the molecule is C=C[C@H](O)[C@@H]1C/C=C/[C@@H](OCOC)CC(=C)CCC[C@@H]2CC=C[C@@H](CC#CC(=O)O1)O2. The number of esters is 1. The molecule has 2 rings (SSSR count). The lowest BCUT2D eigenvalue weighted by Gasteiger charge is -2.25. The van der Waals surface area contributed by atoms with Crippen molar-refractivity contribution in [3.05, 3.63) is 49.1 Å². The summed E-state index contributed by atoms with van der Waals surface area (Å²) in [4.78, 5) is 12.2. The number of aliphatic hydroxyl groups excluding tert-OH is 1. The average molecular weight is 431 g/mol. The maximum absolute atomic E-state index is 12.2. The first kappa shape index (κ1) is 25.1. The molecule has 2 heterocycles. The molecule has 0 unspecified atom stereocenters. The maximum atomic E-state index is 12.2. The van der Waals surface area contributed by atoms with Crippen LogP contribution in [-0.4, -0.2) is 55.5 Å². The number of carbonyl (C=O) groups is 1. The van der Waals surface area contributed by atoms with Gasteiger partial charge in [0.05, 0.1) is 18.3 Å². The zero-order chi connectivity index (χ0) is 22.5. The van der Waals surface area contributed by atoms with Crippen molar-refractivity contribution >= 4 is 5.97 Å². The van der Waals surface area contributed by atoms with Gasteiger partial charge in [0.25, 0.3) is 0 Å². The predicted octanol–water partition coefficient (Wildman–Crippen LogP) is 3.62. The normalized spacial score (nSPS) is 30.1. The van der Waals surface area contributed by atoms with Crippen LogP contribution in [0, 0.1) is 11.8 Å². The summed E-state index contributed by atoms with van der Waals surface area (Å²) in [7, 11) is 1.57. The van der Waals surface area contributed by atoms with Crippen molar-refractivity contribution in [2.45, 2.75) is 75.5 Å². The van der Waals surface area contributed by atoms with E-state index in [0.29, 0.717) is 19.3 Å². The Hall–Kier alpha value is -2.17. The summed E-state index contributed by atoms with van der Waals surface area (Å²) >= 11 is 0. The van der Waals surface area contributed by atoms with E-state index < -0.39 is 18.2 Å². The van der Waals surface area contributed by atoms with Gasteiger partial charge in [-0.3, -0.25) is 0 Å². The molecule has 2 aliphatic heterocycles. The van der Waals surface area contributed by atoms with Crippen molar-refractivity contribution in [1.82, 2.24) is 0 Å². The van der Waals surface area contributed by atoms with E-state index in [1.54, 1.807) is 7.11 Å². The van der Waals surface area contributed by atoms with Crippen LogP contribution in [0.2, 0.25) is 0 Å². The fourth-order valence-electron chi connectivity index (χ4n) is 3.50. The van der Waals surface area contributed by atoms with Gasteiger partial charge in [-0.15, -0.1) is 6.58 Å². The minimum Gasteiger partial charge on any atom is -0.449 e. The molecule has 5 atom stereocenters. The summed E-state index contributed by atoms with van der Waals surface area (Å²) in [6.45, 7) is 7.94. The number of rotatable bonds is 5. The van der Waals surface area contributed by atoms with Gasteiger partial charge in [-0.05, 0) is 32.1 Å². The van der Waals surface area contributed by atoms with Crippen LogP contribution in [0.25, 0.3) is 0 Å². The van der Waals surface area contributed by atoms with Crippen LogP contribution in [-0.2, 0) is 23.7 Å². The second-order valence-electron chi connectivity index (χ2n) is 7.76. The Labute approximate surface area is 185 Å². The van der Waals surface area contributed by atoms with E-state index >= 15 is 0 Å². The molecular weight excluding hydrogens is 396 g/mol. The van der Waals surface area contributed by atoms with Crippen LogP contribution in [0.4, 0.5) is 0 Å². The van der Waals surface area contributed by atoms with E-state index in [2.05, 4.69) is 31.1 Å². The summed E-state index contributed by atoms with van der Waals surface area (Å²) < 4.78 is 22.2. The van der Waals surface area contributed by atoms with Gasteiger partial charge in [-0.2, -0.15) is 0 Å². The monoisotopic (exact) mass is 430 g/mol.